The molecule has 0 saturated heterocycles. The van der Waals surface area contributed by atoms with Gasteiger partial charge in [-0.25, -0.2) is 9.97 Å². The Balaban J connectivity index is 2.17. The summed E-state index contributed by atoms with van der Waals surface area (Å²) in [5.74, 6) is 0.572. The van der Waals surface area contributed by atoms with Crippen molar-refractivity contribution >= 4 is 0 Å². The van der Waals surface area contributed by atoms with Gasteiger partial charge in [0.15, 0.2) is 0 Å². The van der Waals surface area contributed by atoms with Crippen molar-refractivity contribution in [3.8, 4) is 0 Å². The molecule has 2 atom stereocenters. The van der Waals surface area contributed by atoms with Crippen LogP contribution in [0, 0.1) is 0 Å². The lowest BCUT2D eigenvalue weighted by Crippen LogP contribution is -2.41. The van der Waals surface area contributed by atoms with E-state index >= 15 is 0 Å². The summed E-state index contributed by atoms with van der Waals surface area (Å²) in [5.41, 5.74) is 9.82. The first-order chi connectivity index (χ1) is 8.72. The largest absolute Gasteiger partial charge is 0.318 e. The molecule has 92 valence electrons. The lowest BCUT2D eigenvalue weighted by atomic mass is 9.70. The van der Waals surface area contributed by atoms with E-state index in [9.17, 15) is 0 Å². The number of nitrogens with two attached hydrogens (primary N) is 1. The van der Waals surface area contributed by atoms with E-state index in [1.165, 1.54) is 11.1 Å². The monoisotopic (exact) mass is 239 g/mol. The van der Waals surface area contributed by atoms with Crippen LogP contribution in [-0.4, -0.2) is 9.97 Å². The molecule has 0 bridgehead atoms. The zero-order valence-corrected chi connectivity index (χ0v) is 10.5. The van der Waals surface area contributed by atoms with Crippen LogP contribution in [0.15, 0.2) is 43.0 Å². The van der Waals surface area contributed by atoms with Gasteiger partial charge in [-0.3, -0.25) is 0 Å². The molecular weight excluding hydrogens is 222 g/mol. The van der Waals surface area contributed by atoms with Gasteiger partial charge in [0.05, 0.1) is 5.54 Å². The number of nitrogens with zero attached hydrogens (tertiary/aromatic N) is 2. The third kappa shape index (κ3) is 1.63. The van der Waals surface area contributed by atoms with Crippen molar-refractivity contribution < 1.29 is 0 Å². The maximum Gasteiger partial charge on any atom is 0.115 e. The minimum absolute atomic E-state index is 0.440. The Bertz CT molecular complexity index is 553. The van der Waals surface area contributed by atoms with Crippen molar-refractivity contribution in [3.63, 3.8) is 0 Å². The Morgan fingerprint density at radius 2 is 1.94 bits per heavy atom. The van der Waals surface area contributed by atoms with Gasteiger partial charge in [-0.2, -0.15) is 0 Å². The molecule has 3 nitrogen and oxygen atoms in total. The van der Waals surface area contributed by atoms with E-state index in [-0.39, 0.29) is 0 Å². The van der Waals surface area contributed by atoms with Crippen LogP contribution in [0.1, 0.15) is 42.4 Å². The van der Waals surface area contributed by atoms with Crippen molar-refractivity contribution in [1.82, 2.24) is 9.97 Å². The average molecular weight is 239 g/mol. The molecule has 3 rings (SSSR count). The fourth-order valence-electron chi connectivity index (χ4n) is 2.90. The van der Waals surface area contributed by atoms with Gasteiger partial charge >= 0.3 is 0 Å². The summed E-state index contributed by atoms with van der Waals surface area (Å²) < 4.78 is 0. The van der Waals surface area contributed by atoms with Gasteiger partial charge in [0.25, 0.3) is 0 Å². The highest BCUT2D eigenvalue weighted by atomic mass is 14.8. The van der Waals surface area contributed by atoms with Gasteiger partial charge in [-0.1, -0.05) is 31.2 Å². The molecule has 2 aromatic rings. The summed E-state index contributed by atoms with van der Waals surface area (Å²) in [5, 5.41) is 0. The second-order valence-electron chi connectivity index (χ2n) is 5.13. The van der Waals surface area contributed by atoms with Crippen LogP contribution in [0.25, 0.3) is 0 Å². The summed E-state index contributed by atoms with van der Waals surface area (Å²) >= 11 is 0. The minimum Gasteiger partial charge on any atom is -0.318 e. The van der Waals surface area contributed by atoms with E-state index < -0.39 is 5.54 Å². The highest BCUT2D eigenvalue weighted by Gasteiger charge is 2.36. The molecule has 1 aliphatic rings. The summed E-state index contributed by atoms with van der Waals surface area (Å²) in [6, 6.07) is 8.47. The second kappa shape index (κ2) is 4.18. The van der Waals surface area contributed by atoms with Crippen LogP contribution in [-0.2, 0) is 5.54 Å². The predicted octanol–water partition coefficient (Wildman–Crippen LogP) is 2.58. The summed E-state index contributed by atoms with van der Waals surface area (Å²) in [7, 11) is 0. The Morgan fingerprint density at radius 1 is 1.22 bits per heavy atom. The van der Waals surface area contributed by atoms with Crippen molar-refractivity contribution in [2.45, 2.75) is 31.2 Å². The maximum absolute atomic E-state index is 6.67. The van der Waals surface area contributed by atoms with Crippen LogP contribution in [0.3, 0.4) is 0 Å². The van der Waals surface area contributed by atoms with Gasteiger partial charge in [-0.15, -0.1) is 0 Å². The molecule has 18 heavy (non-hydrogen) atoms. The fraction of sp³-hybridized carbons (Fsp3) is 0.333. The molecule has 0 amide bonds. The standard InChI is InChI=1S/C15H17N3/c1-11-6-7-15(16,12-8-17-10-18-9-12)14-5-3-2-4-13(11)14/h2-5,8-11H,6-7,16H2,1H3. The number of hydrogen-bond donors (Lipinski definition) is 1. The molecule has 3 heteroatoms. The normalized spacial score (nSPS) is 26.7. The van der Waals surface area contributed by atoms with Gasteiger partial charge in [0.2, 0.25) is 0 Å². The Kier molecular flexibility index (Phi) is 2.63. The number of fused-ring (bicyclic) bond motifs is 1. The van der Waals surface area contributed by atoms with Crippen molar-refractivity contribution in [3.05, 3.63) is 59.7 Å². The van der Waals surface area contributed by atoms with E-state index in [1.54, 1.807) is 6.33 Å². The molecule has 0 saturated carbocycles. The van der Waals surface area contributed by atoms with Crippen molar-refractivity contribution in [2.24, 2.45) is 5.73 Å². The molecule has 2 unspecified atom stereocenters. The molecule has 1 heterocycles. The van der Waals surface area contributed by atoms with E-state index in [4.69, 9.17) is 5.73 Å². The first kappa shape index (κ1) is 11.4. The quantitative estimate of drug-likeness (QED) is 0.832. The molecular formula is C15H17N3. The van der Waals surface area contributed by atoms with Crippen LogP contribution < -0.4 is 5.73 Å². The van der Waals surface area contributed by atoms with Crippen molar-refractivity contribution in [1.29, 1.82) is 0 Å². The topological polar surface area (TPSA) is 51.8 Å². The Labute approximate surface area is 107 Å². The van der Waals surface area contributed by atoms with Gasteiger partial charge < -0.3 is 5.73 Å². The third-order valence-corrected chi connectivity index (χ3v) is 4.02. The first-order valence-electron chi connectivity index (χ1n) is 6.35. The lowest BCUT2D eigenvalue weighted by molar-refractivity contribution is 0.410. The summed E-state index contributed by atoms with van der Waals surface area (Å²) in [4.78, 5) is 8.21. The highest BCUT2D eigenvalue weighted by molar-refractivity contribution is 5.44. The summed E-state index contributed by atoms with van der Waals surface area (Å²) in [6.07, 6.45) is 7.25. The van der Waals surface area contributed by atoms with E-state index in [0.29, 0.717) is 5.92 Å². The highest BCUT2D eigenvalue weighted by Crippen LogP contribution is 2.42. The Morgan fingerprint density at radius 3 is 2.72 bits per heavy atom. The molecule has 0 fully saturated rings. The number of aromatic nitrogens is 2. The van der Waals surface area contributed by atoms with Gasteiger partial charge in [0.1, 0.15) is 6.33 Å². The predicted molar refractivity (Wildman–Crippen MR) is 71.1 cm³/mol. The van der Waals surface area contributed by atoms with Gasteiger partial charge in [0, 0.05) is 18.0 Å². The number of hydrogen-bond acceptors (Lipinski definition) is 3. The molecule has 1 aliphatic carbocycles. The lowest BCUT2D eigenvalue weighted by Gasteiger charge is -2.38. The molecule has 1 aromatic carbocycles. The number of benzene rings is 1. The van der Waals surface area contributed by atoms with Gasteiger partial charge in [-0.05, 0) is 29.9 Å². The SMILES string of the molecule is CC1CCC(N)(c2cncnc2)c2ccccc21. The van der Waals surface area contributed by atoms with Crippen molar-refractivity contribution in [2.75, 3.05) is 0 Å². The molecule has 2 N–H and O–H groups in total. The maximum atomic E-state index is 6.67. The van der Waals surface area contributed by atoms with E-state index in [1.807, 2.05) is 12.4 Å². The van der Waals surface area contributed by atoms with Crippen LogP contribution in [0.2, 0.25) is 0 Å². The summed E-state index contributed by atoms with van der Waals surface area (Å²) in [6.45, 7) is 2.26. The molecule has 0 aliphatic heterocycles. The van der Waals surface area contributed by atoms with E-state index in [0.717, 1.165) is 18.4 Å². The zero-order valence-electron chi connectivity index (χ0n) is 10.5. The first-order valence-corrected chi connectivity index (χ1v) is 6.35. The molecule has 1 aromatic heterocycles. The molecule has 0 spiro atoms. The molecule has 0 radical (unpaired) electrons. The zero-order chi connectivity index (χ0) is 12.6. The van der Waals surface area contributed by atoms with E-state index in [2.05, 4.69) is 41.2 Å². The van der Waals surface area contributed by atoms with Crippen LogP contribution in [0.5, 0.6) is 0 Å². The van der Waals surface area contributed by atoms with Crippen LogP contribution >= 0.6 is 0 Å². The fourth-order valence-corrected chi connectivity index (χ4v) is 2.90. The Hall–Kier alpha value is -1.74. The average Bonchev–Trinajstić information content (AvgIpc) is 2.44. The minimum atomic E-state index is -0.440. The number of rotatable bonds is 1. The third-order valence-electron chi connectivity index (χ3n) is 4.02. The second-order valence-corrected chi connectivity index (χ2v) is 5.13. The van der Waals surface area contributed by atoms with Crippen LogP contribution in [0.4, 0.5) is 0 Å². The smallest absolute Gasteiger partial charge is 0.115 e.